The Morgan fingerprint density at radius 2 is 2.04 bits per heavy atom. The number of ketones is 1. The van der Waals surface area contributed by atoms with Crippen molar-refractivity contribution < 1.29 is 23.8 Å². The third-order valence-electron chi connectivity index (χ3n) is 3.64. The maximum absolute atomic E-state index is 12.7. The standard InChI is InChI=1S/C17H17NO5/c1-10-15(12-5-3-4-6-13(12)18-10)16(19)11(2)23-17(20)14-9-21-7-8-22-14/h3-6,9,11,18H,7-8H2,1-2H3/t11-/m0/s1. The minimum atomic E-state index is -0.924. The number of para-hydroxylation sites is 1. The Morgan fingerprint density at radius 3 is 2.78 bits per heavy atom. The summed E-state index contributed by atoms with van der Waals surface area (Å²) in [5.41, 5.74) is 2.16. The molecule has 0 saturated carbocycles. The predicted octanol–water partition coefficient (Wildman–Crippen LogP) is 2.48. The summed E-state index contributed by atoms with van der Waals surface area (Å²) in [4.78, 5) is 27.8. The first-order chi connectivity index (χ1) is 11.1. The van der Waals surface area contributed by atoms with E-state index in [4.69, 9.17) is 14.2 Å². The molecule has 1 N–H and O–H groups in total. The number of Topliss-reactive ketones (excluding diaryl/α,β-unsaturated/α-hetero) is 1. The van der Waals surface area contributed by atoms with Gasteiger partial charge in [0.25, 0.3) is 0 Å². The Bertz CT molecular complexity index is 789. The number of esters is 1. The van der Waals surface area contributed by atoms with Crippen LogP contribution in [0, 0.1) is 6.92 Å². The number of aromatic nitrogens is 1. The molecular weight excluding hydrogens is 298 g/mol. The third kappa shape index (κ3) is 2.92. The van der Waals surface area contributed by atoms with Gasteiger partial charge in [-0.2, -0.15) is 0 Å². The molecule has 0 aliphatic carbocycles. The van der Waals surface area contributed by atoms with Gasteiger partial charge in [0.2, 0.25) is 11.5 Å². The van der Waals surface area contributed by atoms with Gasteiger partial charge in [0, 0.05) is 22.2 Å². The van der Waals surface area contributed by atoms with E-state index in [0.717, 1.165) is 16.6 Å². The van der Waals surface area contributed by atoms with Crippen LogP contribution in [0.2, 0.25) is 0 Å². The van der Waals surface area contributed by atoms with Crippen molar-refractivity contribution in [1.82, 2.24) is 4.98 Å². The zero-order valence-electron chi connectivity index (χ0n) is 12.9. The summed E-state index contributed by atoms with van der Waals surface area (Å²) in [6.07, 6.45) is 0.284. The van der Waals surface area contributed by atoms with Crippen molar-refractivity contribution in [3.63, 3.8) is 0 Å². The van der Waals surface area contributed by atoms with Crippen LogP contribution in [-0.4, -0.2) is 36.1 Å². The van der Waals surface area contributed by atoms with Crippen LogP contribution in [0.15, 0.2) is 36.3 Å². The fourth-order valence-corrected chi connectivity index (χ4v) is 2.54. The Kier molecular flexibility index (Phi) is 4.06. The van der Waals surface area contributed by atoms with Crippen molar-refractivity contribution in [2.45, 2.75) is 20.0 Å². The monoisotopic (exact) mass is 315 g/mol. The number of fused-ring (bicyclic) bond motifs is 1. The maximum atomic E-state index is 12.7. The quantitative estimate of drug-likeness (QED) is 0.693. The number of carbonyl (C=O) groups is 2. The number of carbonyl (C=O) groups excluding carboxylic acids is 2. The van der Waals surface area contributed by atoms with Crippen molar-refractivity contribution in [3.8, 4) is 0 Å². The van der Waals surface area contributed by atoms with Gasteiger partial charge in [0.15, 0.2) is 6.10 Å². The summed E-state index contributed by atoms with van der Waals surface area (Å²) < 4.78 is 15.4. The highest BCUT2D eigenvalue weighted by atomic mass is 16.6. The van der Waals surface area contributed by atoms with Crippen LogP contribution in [0.3, 0.4) is 0 Å². The number of nitrogens with one attached hydrogen (secondary N) is 1. The minimum absolute atomic E-state index is 0.0217. The van der Waals surface area contributed by atoms with Crippen LogP contribution in [0.1, 0.15) is 23.0 Å². The summed E-state index contributed by atoms with van der Waals surface area (Å²) >= 11 is 0. The molecule has 1 atom stereocenters. The van der Waals surface area contributed by atoms with Crippen LogP contribution in [-0.2, 0) is 19.0 Å². The van der Waals surface area contributed by atoms with Gasteiger partial charge in [-0.1, -0.05) is 18.2 Å². The molecule has 3 rings (SSSR count). The predicted molar refractivity (Wildman–Crippen MR) is 82.9 cm³/mol. The molecule has 120 valence electrons. The van der Waals surface area contributed by atoms with Gasteiger partial charge in [-0.05, 0) is 19.9 Å². The number of ether oxygens (including phenoxy) is 3. The number of hydrogen-bond acceptors (Lipinski definition) is 5. The number of benzene rings is 1. The van der Waals surface area contributed by atoms with E-state index in [1.807, 2.05) is 31.2 Å². The van der Waals surface area contributed by atoms with Gasteiger partial charge in [0.1, 0.15) is 19.5 Å². The SMILES string of the molecule is Cc1[nH]c2ccccc2c1C(=O)[C@H](C)OC(=O)C1=COCCO1. The first-order valence-electron chi connectivity index (χ1n) is 7.35. The Morgan fingerprint density at radius 1 is 1.26 bits per heavy atom. The van der Waals surface area contributed by atoms with Crippen LogP contribution < -0.4 is 0 Å². The lowest BCUT2D eigenvalue weighted by Crippen LogP contribution is -2.27. The van der Waals surface area contributed by atoms with E-state index < -0.39 is 12.1 Å². The molecule has 0 fully saturated rings. The van der Waals surface area contributed by atoms with Crippen LogP contribution >= 0.6 is 0 Å². The van der Waals surface area contributed by atoms with Crippen molar-refractivity contribution in [2.24, 2.45) is 0 Å². The van der Waals surface area contributed by atoms with Gasteiger partial charge in [-0.25, -0.2) is 4.79 Å². The molecule has 1 aromatic heterocycles. The Balaban J connectivity index is 1.80. The largest absolute Gasteiger partial charge is 0.493 e. The molecule has 1 aliphatic rings. The molecule has 6 heteroatoms. The number of H-pyrrole nitrogens is 1. The van der Waals surface area contributed by atoms with Gasteiger partial charge < -0.3 is 19.2 Å². The molecule has 1 aromatic carbocycles. The lowest BCUT2D eigenvalue weighted by molar-refractivity contribution is -0.147. The number of aryl methyl sites for hydroxylation is 1. The van der Waals surface area contributed by atoms with Gasteiger partial charge in [-0.3, -0.25) is 4.79 Å². The van der Waals surface area contributed by atoms with Crippen molar-refractivity contribution >= 4 is 22.7 Å². The lowest BCUT2D eigenvalue weighted by atomic mass is 10.0. The Hall–Kier alpha value is -2.76. The van der Waals surface area contributed by atoms with Crippen LogP contribution in [0.4, 0.5) is 0 Å². The molecule has 2 aromatic rings. The summed E-state index contributed by atoms with van der Waals surface area (Å²) in [6, 6.07) is 7.51. The summed E-state index contributed by atoms with van der Waals surface area (Å²) in [6.45, 7) is 4.04. The van der Waals surface area contributed by atoms with Gasteiger partial charge >= 0.3 is 5.97 Å². The fourth-order valence-electron chi connectivity index (χ4n) is 2.54. The molecule has 6 nitrogen and oxygen atoms in total. The molecule has 0 radical (unpaired) electrons. The summed E-state index contributed by atoms with van der Waals surface area (Å²) in [5.74, 6) is -0.986. The molecule has 0 saturated heterocycles. The average Bonchev–Trinajstić information content (AvgIpc) is 2.90. The van der Waals surface area contributed by atoms with E-state index in [1.54, 1.807) is 6.92 Å². The van der Waals surface area contributed by atoms with Gasteiger partial charge in [0.05, 0.1) is 0 Å². The second-order valence-corrected chi connectivity index (χ2v) is 5.28. The highest BCUT2D eigenvalue weighted by molar-refractivity contribution is 6.11. The maximum Gasteiger partial charge on any atom is 0.377 e. The van der Waals surface area contributed by atoms with Gasteiger partial charge in [-0.15, -0.1) is 0 Å². The molecule has 0 unspecified atom stereocenters. The Labute approximate surface area is 133 Å². The molecule has 0 spiro atoms. The average molecular weight is 315 g/mol. The minimum Gasteiger partial charge on any atom is -0.493 e. The topological polar surface area (TPSA) is 77.6 Å². The summed E-state index contributed by atoms with van der Waals surface area (Å²) in [5, 5.41) is 0.814. The third-order valence-corrected chi connectivity index (χ3v) is 3.64. The van der Waals surface area contributed by atoms with Crippen molar-refractivity contribution in [2.75, 3.05) is 13.2 Å². The first-order valence-corrected chi connectivity index (χ1v) is 7.35. The smallest absolute Gasteiger partial charge is 0.377 e. The fraction of sp³-hybridized carbons (Fsp3) is 0.294. The number of aromatic amines is 1. The zero-order valence-corrected chi connectivity index (χ0v) is 12.9. The summed E-state index contributed by atoms with van der Waals surface area (Å²) in [7, 11) is 0. The van der Waals surface area contributed by atoms with E-state index in [0.29, 0.717) is 12.2 Å². The molecule has 1 aliphatic heterocycles. The molecule has 23 heavy (non-hydrogen) atoms. The van der Waals surface area contributed by atoms with Crippen LogP contribution in [0.25, 0.3) is 10.9 Å². The normalized spacial score (nSPS) is 15.3. The van der Waals surface area contributed by atoms with Crippen molar-refractivity contribution in [1.29, 1.82) is 0 Å². The first kappa shape index (κ1) is 15.1. The van der Waals surface area contributed by atoms with Crippen molar-refractivity contribution in [3.05, 3.63) is 47.5 Å². The van der Waals surface area contributed by atoms with Crippen LogP contribution in [0.5, 0.6) is 0 Å². The molecule has 2 heterocycles. The van der Waals surface area contributed by atoms with E-state index >= 15 is 0 Å². The number of hydrogen-bond donors (Lipinski definition) is 1. The molecular formula is C17H17NO5. The highest BCUT2D eigenvalue weighted by Gasteiger charge is 2.26. The number of rotatable bonds is 4. The van der Waals surface area contributed by atoms with E-state index in [-0.39, 0.29) is 18.1 Å². The molecule has 0 bridgehead atoms. The van der Waals surface area contributed by atoms with E-state index in [1.165, 1.54) is 6.26 Å². The second kappa shape index (κ2) is 6.16. The highest BCUT2D eigenvalue weighted by Crippen LogP contribution is 2.24. The zero-order chi connectivity index (χ0) is 16.4. The van der Waals surface area contributed by atoms with E-state index in [9.17, 15) is 9.59 Å². The second-order valence-electron chi connectivity index (χ2n) is 5.28. The lowest BCUT2D eigenvalue weighted by Gasteiger charge is -2.17. The van der Waals surface area contributed by atoms with E-state index in [2.05, 4.69) is 4.98 Å². The molecule has 0 amide bonds.